The molecule has 0 aliphatic carbocycles. The van der Waals surface area contributed by atoms with E-state index in [4.69, 9.17) is 4.42 Å². The molecule has 3 aromatic rings. The first kappa shape index (κ1) is 15.4. The summed E-state index contributed by atoms with van der Waals surface area (Å²) in [6, 6.07) is 11.6. The van der Waals surface area contributed by atoms with E-state index in [0.717, 1.165) is 5.56 Å². The molecule has 7 nitrogen and oxygen atoms in total. The van der Waals surface area contributed by atoms with E-state index >= 15 is 0 Å². The monoisotopic (exact) mass is 323 g/mol. The molecule has 0 fully saturated rings. The highest BCUT2D eigenvalue weighted by molar-refractivity contribution is 6.07. The number of para-hydroxylation sites is 1. The molecule has 1 amide bonds. The lowest BCUT2D eigenvalue weighted by atomic mass is 10.1. The third-order valence-corrected chi connectivity index (χ3v) is 3.52. The minimum Gasteiger partial charge on any atom is -0.444 e. The zero-order valence-corrected chi connectivity index (χ0v) is 12.7. The molecule has 24 heavy (non-hydrogen) atoms. The molecule has 2 aromatic carbocycles. The normalized spacial score (nSPS) is 10.4. The number of carbonyl (C=O) groups excluding carboxylic acids is 1. The van der Waals surface area contributed by atoms with Gasteiger partial charge in [0.2, 0.25) is 0 Å². The molecule has 1 aromatic heterocycles. The molecule has 0 aliphatic heterocycles. The molecule has 1 N–H and O–H groups in total. The summed E-state index contributed by atoms with van der Waals surface area (Å²) in [5, 5.41) is 13.8. The summed E-state index contributed by atoms with van der Waals surface area (Å²) in [4.78, 5) is 26.8. The van der Waals surface area contributed by atoms with Gasteiger partial charge in [-0.1, -0.05) is 12.1 Å². The van der Waals surface area contributed by atoms with Gasteiger partial charge in [0.25, 0.3) is 11.6 Å². The van der Waals surface area contributed by atoms with Crippen LogP contribution in [-0.4, -0.2) is 15.8 Å². The Morgan fingerprint density at radius 3 is 2.58 bits per heavy atom. The van der Waals surface area contributed by atoms with Gasteiger partial charge in [-0.25, -0.2) is 4.98 Å². The number of anilines is 1. The fraction of sp³-hybridized carbons (Fsp3) is 0.0588. The number of hydrogen-bond donors (Lipinski definition) is 1. The molecule has 1 heterocycles. The van der Waals surface area contributed by atoms with Crippen LogP contribution in [-0.2, 0) is 0 Å². The van der Waals surface area contributed by atoms with Crippen LogP contribution in [0.1, 0.15) is 15.9 Å². The van der Waals surface area contributed by atoms with Crippen molar-refractivity contribution < 1.29 is 14.1 Å². The minimum atomic E-state index is -0.544. The standard InChI is InChI=1S/C17H13N3O4/c1-11-3-2-4-14(16(11)20(22)23)17(21)19-13-7-5-12(6-8-13)15-9-18-10-24-15/h2-10H,1H3,(H,19,21). The van der Waals surface area contributed by atoms with Crippen LogP contribution >= 0.6 is 0 Å². The van der Waals surface area contributed by atoms with Gasteiger partial charge in [-0.3, -0.25) is 14.9 Å². The Kier molecular flexibility index (Phi) is 4.07. The summed E-state index contributed by atoms with van der Waals surface area (Å²) < 4.78 is 5.19. The number of nitro benzene ring substituents is 1. The lowest BCUT2D eigenvalue weighted by molar-refractivity contribution is -0.385. The number of aryl methyl sites for hydroxylation is 1. The number of nitrogens with one attached hydrogen (secondary N) is 1. The van der Waals surface area contributed by atoms with Gasteiger partial charge >= 0.3 is 0 Å². The van der Waals surface area contributed by atoms with Crippen molar-refractivity contribution in [1.29, 1.82) is 0 Å². The highest BCUT2D eigenvalue weighted by atomic mass is 16.6. The van der Waals surface area contributed by atoms with Crippen LogP contribution in [0.4, 0.5) is 11.4 Å². The smallest absolute Gasteiger partial charge is 0.285 e. The number of benzene rings is 2. The van der Waals surface area contributed by atoms with E-state index in [1.807, 2.05) is 0 Å². The maximum Gasteiger partial charge on any atom is 0.285 e. The van der Waals surface area contributed by atoms with E-state index in [0.29, 0.717) is 17.0 Å². The number of carbonyl (C=O) groups is 1. The zero-order chi connectivity index (χ0) is 17.1. The van der Waals surface area contributed by atoms with Crippen molar-refractivity contribution in [1.82, 2.24) is 4.98 Å². The molecular formula is C17H13N3O4. The molecule has 0 bridgehead atoms. The predicted octanol–water partition coefficient (Wildman–Crippen LogP) is 3.81. The molecule has 0 aliphatic rings. The van der Waals surface area contributed by atoms with E-state index in [9.17, 15) is 14.9 Å². The van der Waals surface area contributed by atoms with Crippen molar-refractivity contribution in [3.8, 4) is 11.3 Å². The van der Waals surface area contributed by atoms with Crippen LogP contribution in [0.5, 0.6) is 0 Å². The molecule has 0 saturated heterocycles. The average Bonchev–Trinajstić information content (AvgIpc) is 3.09. The summed E-state index contributed by atoms with van der Waals surface area (Å²) in [6.07, 6.45) is 2.92. The van der Waals surface area contributed by atoms with Gasteiger partial charge < -0.3 is 9.73 Å². The summed E-state index contributed by atoms with van der Waals surface area (Å²) in [7, 11) is 0. The van der Waals surface area contributed by atoms with Gasteiger partial charge in [-0.05, 0) is 37.3 Å². The quantitative estimate of drug-likeness (QED) is 0.581. The number of oxazole rings is 1. The Morgan fingerprint density at radius 2 is 1.96 bits per heavy atom. The molecule has 0 spiro atoms. The van der Waals surface area contributed by atoms with Gasteiger partial charge in [-0.15, -0.1) is 0 Å². The number of aromatic nitrogens is 1. The topological polar surface area (TPSA) is 98.3 Å². The molecule has 120 valence electrons. The van der Waals surface area contributed by atoms with Crippen molar-refractivity contribution in [2.45, 2.75) is 6.92 Å². The van der Waals surface area contributed by atoms with Crippen molar-refractivity contribution in [3.05, 3.63) is 76.3 Å². The summed E-state index contributed by atoms with van der Waals surface area (Å²) in [5.74, 6) is 0.0833. The first-order chi connectivity index (χ1) is 11.6. The molecule has 0 radical (unpaired) electrons. The molecule has 3 rings (SSSR count). The van der Waals surface area contributed by atoms with Crippen molar-refractivity contribution in [3.63, 3.8) is 0 Å². The molecule has 0 atom stereocenters. The second-order valence-electron chi connectivity index (χ2n) is 5.13. The summed E-state index contributed by atoms with van der Waals surface area (Å²) in [6.45, 7) is 1.60. The fourth-order valence-corrected chi connectivity index (χ4v) is 2.36. The number of hydrogen-bond acceptors (Lipinski definition) is 5. The minimum absolute atomic E-state index is 0.0271. The van der Waals surface area contributed by atoms with E-state index in [1.54, 1.807) is 49.5 Å². The van der Waals surface area contributed by atoms with Crippen LogP contribution in [0.3, 0.4) is 0 Å². The second kappa shape index (κ2) is 6.33. The number of nitrogens with zero attached hydrogens (tertiary/aromatic N) is 2. The number of amides is 1. The first-order valence-corrected chi connectivity index (χ1v) is 7.10. The van der Waals surface area contributed by atoms with Gasteiger partial charge in [0.1, 0.15) is 5.56 Å². The highest BCUT2D eigenvalue weighted by Crippen LogP contribution is 2.25. The third kappa shape index (κ3) is 3.00. The Hall–Kier alpha value is -3.48. The SMILES string of the molecule is Cc1cccc(C(=O)Nc2ccc(-c3cnco3)cc2)c1[N+](=O)[O-]. The molecule has 7 heteroatoms. The van der Waals surface area contributed by atoms with Gasteiger partial charge in [0.05, 0.1) is 11.1 Å². The Balaban J connectivity index is 1.83. The maximum absolute atomic E-state index is 12.4. The van der Waals surface area contributed by atoms with Crippen LogP contribution in [0.25, 0.3) is 11.3 Å². The summed E-state index contributed by atoms with van der Waals surface area (Å²) in [5.41, 5.74) is 1.62. The fourth-order valence-electron chi connectivity index (χ4n) is 2.36. The van der Waals surface area contributed by atoms with E-state index in [-0.39, 0.29) is 11.3 Å². The van der Waals surface area contributed by atoms with Crippen molar-refractivity contribution in [2.75, 3.05) is 5.32 Å². The largest absolute Gasteiger partial charge is 0.444 e. The van der Waals surface area contributed by atoms with Gasteiger partial charge in [0, 0.05) is 16.8 Å². The maximum atomic E-state index is 12.4. The Morgan fingerprint density at radius 1 is 1.21 bits per heavy atom. The highest BCUT2D eigenvalue weighted by Gasteiger charge is 2.22. The van der Waals surface area contributed by atoms with E-state index in [1.165, 1.54) is 12.5 Å². The third-order valence-electron chi connectivity index (χ3n) is 3.52. The van der Waals surface area contributed by atoms with E-state index in [2.05, 4.69) is 10.3 Å². The predicted molar refractivity (Wildman–Crippen MR) is 87.7 cm³/mol. The first-order valence-electron chi connectivity index (χ1n) is 7.10. The Labute approximate surface area is 137 Å². The zero-order valence-electron chi connectivity index (χ0n) is 12.7. The van der Waals surface area contributed by atoms with Crippen molar-refractivity contribution in [2.24, 2.45) is 0 Å². The van der Waals surface area contributed by atoms with Crippen molar-refractivity contribution >= 4 is 17.3 Å². The summed E-state index contributed by atoms with van der Waals surface area (Å²) >= 11 is 0. The molecule has 0 saturated carbocycles. The van der Waals surface area contributed by atoms with Gasteiger partial charge in [-0.2, -0.15) is 0 Å². The van der Waals surface area contributed by atoms with Gasteiger partial charge in [0.15, 0.2) is 12.2 Å². The van der Waals surface area contributed by atoms with Crippen LogP contribution in [0.15, 0.2) is 59.5 Å². The lowest BCUT2D eigenvalue weighted by Crippen LogP contribution is -2.14. The Bertz CT molecular complexity index is 887. The average molecular weight is 323 g/mol. The van der Waals surface area contributed by atoms with Crippen LogP contribution in [0, 0.1) is 17.0 Å². The van der Waals surface area contributed by atoms with Crippen LogP contribution in [0.2, 0.25) is 0 Å². The van der Waals surface area contributed by atoms with E-state index < -0.39 is 10.8 Å². The molecular weight excluding hydrogens is 310 g/mol. The number of rotatable bonds is 4. The second-order valence-corrected chi connectivity index (χ2v) is 5.13. The van der Waals surface area contributed by atoms with Crippen LogP contribution < -0.4 is 5.32 Å². The molecule has 0 unspecified atom stereocenters. The number of nitro groups is 1. The lowest BCUT2D eigenvalue weighted by Gasteiger charge is -2.07.